The number of H-pyrrole nitrogens is 1. The molecule has 0 aliphatic carbocycles. The molecule has 0 spiro atoms. The van der Waals surface area contributed by atoms with Gasteiger partial charge in [-0.05, 0) is 49.4 Å². The molecule has 0 amide bonds. The molecule has 0 bridgehead atoms. The van der Waals surface area contributed by atoms with E-state index in [0.29, 0.717) is 5.92 Å². The summed E-state index contributed by atoms with van der Waals surface area (Å²) in [5, 5.41) is 3.36. The van der Waals surface area contributed by atoms with Gasteiger partial charge in [-0.3, -0.25) is 9.89 Å². The summed E-state index contributed by atoms with van der Waals surface area (Å²) in [6, 6.07) is 16.2. The Hall–Kier alpha value is -2.55. The van der Waals surface area contributed by atoms with Gasteiger partial charge >= 0.3 is 0 Å². The first kappa shape index (κ1) is 16.3. The first-order chi connectivity index (χ1) is 11.5. The molecule has 0 fully saturated rings. The van der Waals surface area contributed by atoms with Crippen molar-refractivity contribution in [2.75, 3.05) is 0 Å². The number of aromatic nitrogens is 2. The lowest BCUT2D eigenvalue weighted by atomic mass is 9.97. The predicted octanol–water partition coefficient (Wildman–Crippen LogP) is 4.65. The molecule has 124 valence electrons. The average molecular weight is 320 g/mol. The Bertz CT molecular complexity index is 916. The van der Waals surface area contributed by atoms with Crippen LogP contribution >= 0.6 is 0 Å². The van der Waals surface area contributed by atoms with Crippen molar-refractivity contribution < 1.29 is 0 Å². The third kappa shape index (κ3) is 3.07. The van der Waals surface area contributed by atoms with E-state index in [0.717, 1.165) is 34.5 Å². The van der Waals surface area contributed by atoms with Crippen LogP contribution in [0.4, 0.5) is 0 Å². The van der Waals surface area contributed by atoms with Crippen molar-refractivity contribution in [3.63, 3.8) is 0 Å². The molecular weight excluding hydrogens is 296 g/mol. The fourth-order valence-electron chi connectivity index (χ4n) is 3.09. The largest absolute Gasteiger partial charge is 0.290 e. The summed E-state index contributed by atoms with van der Waals surface area (Å²) in [4.78, 5) is 13.1. The Morgan fingerprint density at radius 2 is 1.79 bits per heavy atom. The molecule has 0 saturated heterocycles. The van der Waals surface area contributed by atoms with E-state index in [1.165, 1.54) is 5.56 Å². The molecule has 1 N–H and O–H groups in total. The summed E-state index contributed by atoms with van der Waals surface area (Å²) >= 11 is 0. The lowest BCUT2D eigenvalue weighted by Gasteiger charge is -2.07. The van der Waals surface area contributed by atoms with Gasteiger partial charge in [0.25, 0.3) is 5.56 Å². The standard InChI is InChI=1S/C21H24N2O/c1-14(2)12-19-20(18-11-6-5-9-16(18)4)22-23(21(19)24)17-10-7-8-15(3)13-17/h5-11,13-14,22H,12H2,1-4H3. The number of aromatic amines is 1. The molecule has 1 heterocycles. The molecule has 0 unspecified atom stereocenters. The van der Waals surface area contributed by atoms with Crippen molar-refractivity contribution in [2.24, 2.45) is 5.92 Å². The molecule has 0 aliphatic rings. The number of benzene rings is 2. The summed E-state index contributed by atoms with van der Waals surface area (Å²) in [6.07, 6.45) is 0.762. The van der Waals surface area contributed by atoms with E-state index in [4.69, 9.17) is 0 Å². The van der Waals surface area contributed by atoms with Crippen LogP contribution in [0, 0.1) is 19.8 Å². The van der Waals surface area contributed by atoms with Crippen molar-refractivity contribution in [1.29, 1.82) is 0 Å². The fraction of sp³-hybridized carbons (Fsp3) is 0.286. The third-order valence-electron chi connectivity index (χ3n) is 4.27. The van der Waals surface area contributed by atoms with Crippen LogP contribution in [0.25, 0.3) is 16.9 Å². The topological polar surface area (TPSA) is 37.8 Å². The molecule has 24 heavy (non-hydrogen) atoms. The van der Waals surface area contributed by atoms with Gasteiger partial charge in [0.1, 0.15) is 0 Å². The number of nitrogens with one attached hydrogen (secondary N) is 1. The second-order valence-corrected chi connectivity index (χ2v) is 6.86. The molecule has 1 aromatic heterocycles. The second kappa shape index (κ2) is 6.52. The Morgan fingerprint density at radius 3 is 2.46 bits per heavy atom. The van der Waals surface area contributed by atoms with Gasteiger partial charge in [-0.25, -0.2) is 4.68 Å². The third-order valence-corrected chi connectivity index (χ3v) is 4.27. The first-order valence-electron chi connectivity index (χ1n) is 8.44. The van der Waals surface area contributed by atoms with Crippen LogP contribution in [0.2, 0.25) is 0 Å². The maximum atomic E-state index is 13.1. The van der Waals surface area contributed by atoms with E-state index in [-0.39, 0.29) is 5.56 Å². The number of aryl methyl sites for hydroxylation is 2. The number of hydrogen-bond acceptors (Lipinski definition) is 1. The summed E-state index contributed by atoms with van der Waals surface area (Å²) in [6.45, 7) is 8.40. The maximum absolute atomic E-state index is 13.1. The minimum Gasteiger partial charge on any atom is -0.290 e. The van der Waals surface area contributed by atoms with E-state index >= 15 is 0 Å². The Balaban J connectivity index is 2.24. The highest BCUT2D eigenvalue weighted by molar-refractivity contribution is 5.67. The lowest BCUT2D eigenvalue weighted by Crippen LogP contribution is -2.18. The fourth-order valence-corrected chi connectivity index (χ4v) is 3.09. The van der Waals surface area contributed by atoms with E-state index < -0.39 is 0 Å². The molecule has 2 aromatic carbocycles. The van der Waals surface area contributed by atoms with Crippen LogP contribution in [0.3, 0.4) is 0 Å². The molecule has 3 heteroatoms. The molecule has 3 aromatic rings. The van der Waals surface area contributed by atoms with Crippen LogP contribution in [0.5, 0.6) is 0 Å². The van der Waals surface area contributed by atoms with Crippen molar-refractivity contribution in [3.8, 4) is 16.9 Å². The number of nitrogens with zero attached hydrogens (tertiary/aromatic N) is 1. The van der Waals surface area contributed by atoms with Gasteiger partial charge < -0.3 is 0 Å². The quantitative estimate of drug-likeness (QED) is 0.746. The summed E-state index contributed by atoms with van der Waals surface area (Å²) < 4.78 is 1.67. The minimum absolute atomic E-state index is 0.0487. The Morgan fingerprint density at radius 1 is 1.04 bits per heavy atom. The predicted molar refractivity (Wildman–Crippen MR) is 99.8 cm³/mol. The Kier molecular flexibility index (Phi) is 4.43. The number of rotatable bonds is 4. The van der Waals surface area contributed by atoms with Gasteiger partial charge in [0.2, 0.25) is 0 Å². The van der Waals surface area contributed by atoms with Crippen molar-refractivity contribution in [1.82, 2.24) is 9.78 Å². The van der Waals surface area contributed by atoms with Gasteiger partial charge in [0.15, 0.2) is 0 Å². The average Bonchev–Trinajstić information content (AvgIpc) is 2.84. The highest BCUT2D eigenvalue weighted by atomic mass is 16.1. The smallest absolute Gasteiger partial charge is 0.275 e. The van der Waals surface area contributed by atoms with E-state index in [1.54, 1.807) is 4.68 Å². The molecule has 0 radical (unpaired) electrons. The molecule has 3 rings (SSSR count). The second-order valence-electron chi connectivity index (χ2n) is 6.86. The van der Waals surface area contributed by atoms with Crippen molar-refractivity contribution in [2.45, 2.75) is 34.1 Å². The van der Waals surface area contributed by atoms with Crippen molar-refractivity contribution in [3.05, 3.63) is 75.6 Å². The molecule has 0 atom stereocenters. The molecule has 0 aliphatic heterocycles. The van der Waals surface area contributed by atoms with Crippen LogP contribution in [0.15, 0.2) is 53.3 Å². The van der Waals surface area contributed by atoms with Gasteiger partial charge in [-0.2, -0.15) is 0 Å². The van der Waals surface area contributed by atoms with Crippen LogP contribution in [0.1, 0.15) is 30.5 Å². The lowest BCUT2D eigenvalue weighted by molar-refractivity contribution is 0.644. The van der Waals surface area contributed by atoms with Gasteiger partial charge in [0.05, 0.1) is 11.4 Å². The maximum Gasteiger partial charge on any atom is 0.275 e. The van der Waals surface area contributed by atoms with Gasteiger partial charge in [-0.15, -0.1) is 0 Å². The molecular formula is C21H24N2O. The highest BCUT2D eigenvalue weighted by Gasteiger charge is 2.18. The van der Waals surface area contributed by atoms with E-state index in [2.05, 4.69) is 38.0 Å². The first-order valence-corrected chi connectivity index (χ1v) is 8.44. The SMILES string of the molecule is Cc1cccc(-n2[nH]c(-c3ccccc3C)c(CC(C)C)c2=O)c1. The summed E-state index contributed by atoms with van der Waals surface area (Å²) in [5.74, 6) is 0.419. The van der Waals surface area contributed by atoms with Crippen molar-refractivity contribution >= 4 is 0 Å². The van der Waals surface area contributed by atoms with Crippen LogP contribution < -0.4 is 5.56 Å². The van der Waals surface area contributed by atoms with Gasteiger partial charge in [0, 0.05) is 11.1 Å². The Labute approximate surface area is 143 Å². The minimum atomic E-state index is 0.0487. The zero-order valence-corrected chi connectivity index (χ0v) is 14.8. The van der Waals surface area contributed by atoms with Crippen LogP contribution in [-0.2, 0) is 6.42 Å². The normalized spacial score (nSPS) is 11.2. The molecule has 3 nitrogen and oxygen atoms in total. The highest BCUT2D eigenvalue weighted by Crippen LogP contribution is 2.26. The summed E-state index contributed by atoms with van der Waals surface area (Å²) in [5.41, 5.74) is 6.13. The van der Waals surface area contributed by atoms with Gasteiger partial charge in [-0.1, -0.05) is 50.2 Å². The monoisotopic (exact) mass is 320 g/mol. The molecule has 0 saturated carbocycles. The van der Waals surface area contributed by atoms with E-state index in [9.17, 15) is 4.79 Å². The summed E-state index contributed by atoms with van der Waals surface area (Å²) in [7, 11) is 0. The number of hydrogen-bond donors (Lipinski definition) is 1. The van der Waals surface area contributed by atoms with Crippen LogP contribution in [-0.4, -0.2) is 9.78 Å². The zero-order valence-electron chi connectivity index (χ0n) is 14.8. The van der Waals surface area contributed by atoms with E-state index in [1.807, 2.05) is 43.3 Å². The zero-order chi connectivity index (χ0) is 17.3.